The molecule has 0 atom stereocenters. The van der Waals surface area contributed by atoms with E-state index in [9.17, 15) is 0 Å². The van der Waals surface area contributed by atoms with Crippen molar-refractivity contribution < 1.29 is 9.15 Å². The van der Waals surface area contributed by atoms with E-state index in [1.54, 1.807) is 19.7 Å². The maximum absolute atomic E-state index is 6.57. The number of nitrogens with zero attached hydrogens (tertiary/aromatic N) is 6. The molecule has 0 saturated heterocycles. The monoisotopic (exact) mass is 382 g/mol. The molecule has 4 aromatic rings. The van der Waals surface area contributed by atoms with Crippen LogP contribution in [0, 0.1) is 6.92 Å². The smallest absolute Gasteiger partial charge is 0.247 e. The molecule has 1 aliphatic rings. The Labute approximate surface area is 159 Å². The second-order valence-corrected chi connectivity index (χ2v) is 6.71. The zero-order valence-electron chi connectivity index (χ0n) is 14.7. The van der Waals surface area contributed by atoms with Crippen LogP contribution in [0.5, 0.6) is 0 Å². The fraction of sp³-hybridized carbons (Fsp3) is 0.222. The van der Waals surface area contributed by atoms with Gasteiger partial charge in [-0.2, -0.15) is 0 Å². The van der Waals surface area contributed by atoms with Crippen LogP contribution in [0.3, 0.4) is 0 Å². The Kier molecular flexibility index (Phi) is 3.63. The molecule has 9 heteroatoms. The number of benzene rings is 1. The normalized spacial score (nSPS) is 12.4. The van der Waals surface area contributed by atoms with E-state index in [1.165, 1.54) is 0 Å². The number of fused-ring (bicyclic) bond motifs is 5. The molecule has 0 bridgehead atoms. The summed E-state index contributed by atoms with van der Waals surface area (Å²) in [7, 11) is 1.63. The minimum Gasteiger partial charge on any atom is -0.443 e. The highest BCUT2D eigenvalue weighted by atomic mass is 35.5. The summed E-state index contributed by atoms with van der Waals surface area (Å²) in [6.07, 6.45) is 3.35. The second-order valence-electron chi connectivity index (χ2n) is 6.30. The third-order valence-corrected chi connectivity index (χ3v) is 4.87. The van der Waals surface area contributed by atoms with E-state index in [2.05, 4.69) is 20.2 Å². The number of rotatable bonds is 3. The van der Waals surface area contributed by atoms with Crippen molar-refractivity contribution in [2.45, 2.75) is 20.1 Å². The lowest BCUT2D eigenvalue weighted by molar-refractivity contribution is 0.174. The van der Waals surface area contributed by atoms with Gasteiger partial charge in [-0.05, 0) is 19.1 Å². The average molecular weight is 383 g/mol. The molecule has 0 fully saturated rings. The summed E-state index contributed by atoms with van der Waals surface area (Å²) in [5, 5.41) is 9.29. The molecule has 0 spiro atoms. The van der Waals surface area contributed by atoms with Crippen LogP contribution in [0.25, 0.3) is 28.7 Å². The first-order chi connectivity index (χ1) is 13.2. The Morgan fingerprint density at radius 1 is 1.30 bits per heavy atom. The minimum atomic E-state index is 0.352. The van der Waals surface area contributed by atoms with E-state index in [0.29, 0.717) is 29.8 Å². The number of ether oxygens (including phenoxy) is 1. The van der Waals surface area contributed by atoms with Gasteiger partial charge in [-0.15, -0.1) is 10.2 Å². The maximum Gasteiger partial charge on any atom is 0.247 e. The van der Waals surface area contributed by atoms with E-state index in [4.69, 9.17) is 20.8 Å². The molecular weight excluding hydrogens is 368 g/mol. The van der Waals surface area contributed by atoms with Crippen molar-refractivity contribution in [3.63, 3.8) is 0 Å². The SMILES string of the molecule is COCc1nnc2n1Cc1c(-c3nc(C)co3)ncn1-c1c(Cl)cccc1-2. The Morgan fingerprint density at radius 3 is 2.96 bits per heavy atom. The predicted molar refractivity (Wildman–Crippen MR) is 97.6 cm³/mol. The van der Waals surface area contributed by atoms with Crippen LogP contribution >= 0.6 is 11.6 Å². The summed E-state index contributed by atoms with van der Waals surface area (Å²) in [6, 6.07) is 5.72. The van der Waals surface area contributed by atoms with E-state index in [-0.39, 0.29) is 0 Å². The van der Waals surface area contributed by atoms with E-state index in [1.807, 2.05) is 34.3 Å². The van der Waals surface area contributed by atoms with Gasteiger partial charge in [-0.1, -0.05) is 17.7 Å². The van der Waals surface area contributed by atoms with Crippen molar-refractivity contribution in [1.82, 2.24) is 29.3 Å². The molecule has 27 heavy (non-hydrogen) atoms. The van der Waals surface area contributed by atoms with Gasteiger partial charge in [-0.3, -0.25) is 4.57 Å². The molecule has 8 nitrogen and oxygen atoms in total. The Hall–Kier alpha value is -2.97. The highest BCUT2D eigenvalue weighted by Gasteiger charge is 2.28. The summed E-state index contributed by atoms with van der Waals surface area (Å²) < 4.78 is 14.9. The summed E-state index contributed by atoms with van der Waals surface area (Å²) >= 11 is 6.57. The Balaban J connectivity index is 1.81. The van der Waals surface area contributed by atoms with Crippen LogP contribution in [-0.4, -0.2) is 36.4 Å². The van der Waals surface area contributed by atoms with Crippen LogP contribution in [0.2, 0.25) is 5.02 Å². The van der Waals surface area contributed by atoms with Crippen molar-refractivity contribution in [2.24, 2.45) is 0 Å². The molecule has 1 aliphatic heterocycles. The molecule has 136 valence electrons. The van der Waals surface area contributed by atoms with Crippen LogP contribution in [-0.2, 0) is 17.9 Å². The maximum atomic E-state index is 6.57. The molecule has 0 unspecified atom stereocenters. The average Bonchev–Trinajstić information content (AvgIpc) is 3.34. The lowest BCUT2D eigenvalue weighted by Gasteiger charge is -2.10. The number of hydrogen-bond donors (Lipinski definition) is 0. The molecule has 4 heterocycles. The van der Waals surface area contributed by atoms with Gasteiger partial charge in [0.2, 0.25) is 5.89 Å². The van der Waals surface area contributed by atoms with Crippen LogP contribution < -0.4 is 0 Å². The second kappa shape index (κ2) is 6.04. The van der Waals surface area contributed by atoms with E-state index < -0.39 is 0 Å². The van der Waals surface area contributed by atoms with Crippen LogP contribution in [0.4, 0.5) is 0 Å². The molecule has 0 amide bonds. The highest BCUT2D eigenvalue weighted by Crippen LogP contribution is 2.38. The number of para-hydroxylation sites is 1. The minimum absolute atomic E-state index is 0.352. The van der Waals surface area contributed by atoms with Crippen molar-refractivity contribution >= 4 is 11.6 Å². The standard InChI is InChI=1S/C18H15ClN6O2/c1-10-7-27-18(21-10)15-13-6-24-14(8-26-2)22-23-17(24)11-4-3-5-12(19)16(11)25(13)9-20-15/h3-5,7,9H,6,8H2,1-2H3. The lowest BCUT2D eigenvalue weighted by atomic mass is 10.1. The number of oxazole rings is 1. The first kappa shape index (κ1) is 16.2. The van der Waals surface area contributed by atoms with Crippen molar-refractivity contribution in [2.75, 3.05) is 7.11 Å². The largest absolute Gasteiger partial charge is 0.443 e. The number of hydrogen-bond acceptors (Lipinski definition) is 6. The zero-order chi connectivity index (χ0) is 18.5. The molecule has 0 radical (unpaired) electrons. The van der Waals surface area contributed by atoms with Gasteiger partial charge in [0.05, 0.1) is 28.6 Å². The molecule has 1 aromatic carbocycles. The molecule has 3 aromatic heterocycles. The summed E-state index contributed by atoms with van der Waals surface area (Å²) in [5.41, 5.74) is 4.04. The van der Waals surface area contributed by atoms with Gasteiger partial charge >= 0.3 is 0 Å². The summed E-state index contributed by atoms with van der Waals surface area (Å²) in [5.74, 6) is 1.93. The van der Waals surface area contributed by atoms with E-state index >= 15 is 0 Å². The topological polar surface area (TPSA) is 83.8 Å². The van der Waals surface area contributed by atoms with Gasteiger partial charge in [0.25, 0.3) is 0 Å². The Bertz CT molecular complexity index is 1160. The number of aryl methyl sites for hydroxylation is 1. The van der Waals surface area contributed by atoms with Gasteiger partial charge < -0.3 is 13.7 Å². The predicted octanol–water partition coefficient (Wildman–Crippen LogP) is 3.26. The number of imidazole rings is 1. The van der Waals surface area contributed by atoms with Crippen molar-refractivity contribution in [3.05, 3.63) is 53.0 Å². The third kappa shape index (κ3) is 2.41. The molecule has 5 rings (SSSR count). The zero-order valence-corrected chi connectivity index (χ0v) is 15.4. The van der Waals surface area contributed by atoms with Gasteiger partial charge in [-0.25, -0.2) is 9.97 Å². The van der Waals surface area contributed by atoms with Gasteiger partial charge in [0, 0.05) is 12.7 Å². The fourth-order valence-corrected chi connectivity index (χ4v) is 3.65. The third-order valence-electron chi connectivity index (χ3n) is 4.57. The van der Waals surface area contributed by atoms with Crippen molar-refractivity contribution in [3.8, 4) is 28.7 Å². The fourth-order valence-electron chi connectivity index (χ4n) is 3.39. The number of methoxy groups -OCH3 is 1. The van der Waals surface area contributed by atoms with Crippen molar-refractivity contribution in [1.29, 1.82) is 0 Å². The number of halogens is 1. The highest BCUT2D eigenvalue weighted by molar-refractivity contribution is 6.33. The van der Waals surface area contributed by atoms with E-state index in [0.717, 1.165) is 34.3 Å². The molecule has 0 N–H and O–H groups in total. The Morgan fingerprint density at radius 2 is 2.19 bits per heavy atom. The van der Waals surface area contributed by atoms with Crippen LogP contribution in [0.15, 0.2) is 35.2 Å². The quantitative estimate of drug-likeness (QED) is 0.476. The summed E-state index contributed by atoms with van der Waals surface area (Å²) in [6.45, 7) is 2.72. The molecule has 0 aliphatic carbocycles. The van der Waals surface area contributed by atoms with Crippen LogP contribution in [0.1, 0.15) is 17.2 Å². The first-order valence-corrected chi connectivity index (χ1v) is 8.74. The molecule has 0 saturated carbocycles. The molecular formula is C18H15ClN6O2. The summed E-state index contributed by atoms with van der Waals surface area (Å²) in [4.78, 5) is 8.99. The first-order valence-electron chi connectivity index (χ1n) is 8.36. The lowest BCUT2D eigenvalue weighted by Crippen LogP contribution is -2.09. The number of aromatic nitrogens is 6. The van der Waals surface area contributed by atoms with Gasteiger partial charge in [0.15, 0.2) is 11.6 Å². The van der Waals surface area contributed by atoms with Gasteiger partial charge in [0.1, 0.15) is 24.9 Å².